The number of benzene rings is 4. The van der Waals surface area contributed by atoms with Gasteiger partial charge in [-0.2, -0.15) is 39.5 Å². The average Bonchev–Trinajstić information content (AvgIpc) is 3.31. The maximum Gasteiger partial charge on any atom is 0.416 e. The molecule has 15 heteroatoms. The van der Waals surface area contributed by atoms with Crippen LogP contribution in [-0.2, 0) is 29.8 Å². The molecule has 0 aromatic heterocycles. The van der Waals surface area contributed by atoms with Crippen molar-refractivity contribution in [2.24, 2.45) is 0 Å². The van der Waals surface area contributed by atoms with Gasteiger partial charge in [0.1, 0.15) is 11.9 Å². The van der Waals surface area contributed by atoms with Crippen molar-refractivity contribution < 1.29 is 63.7 Å². The number of ether oxygens (including phenoxy) is 2. The largest absolute Gasteiger partial charge is 0.496 e. The summed E-state index contributed by atoms with van der Waals surface area (Å²) in [6, 6.07) is 12.8. The fourth-order valence-corrected chi connectivity index (χ4v) is 5.58. The van der Waals surface area contributed by atoms with Gasteiger partial charge in [-0.05, 0) is 89.3 Å². The van der Waals surface area contributed by atoms with Crippen LogP contribution in [0, 0.1) is 0 Å². The highest BCUT2D eigenvalue weighted by atomic mass is 19.4. The van der Waals surface area contributed by atoms with Crippen molar-refractivity contribution in [3.63, 3.8) is 0 Å². The van der Waals surface area contributed by atoms with Crippen molar-refractivity contribution in [3.05, 3.63) is 112 Å². The number of hydrogen-bond acceptors (Lipinski definition) is 4. The van der Waals surface area contributed by atoms with Crippen molar-refractivity contribution in [2.45, 2.75) is 44.1 Å². The van der Waals surface area contributed by atoms with Crippen LogP contribution in [0.25, 0.3) is 22.3 Å². The summed E-state index contributed by atoms with van der Waals surface area (Å²) in [6.07, 6.45) is -18.0. The van der Waals surface area contributed by atoms with Gasteiger partial charge in [-0.3, -0.25) is 4.90 Å². The third-order valence-corrected chi connectivity index (χ3v) is 8.04. The SMILES string of the molecule is COc1ccc(-c2cccc(C(=O)O)c2)cc1-c1ccc(C(F)(F)F)cc1CN1C(=O)O[C@H](c2cc(C(F)(F)F)cc(C(F)(F)F)c2)[C@@H]1C. The van der Waals surface area contributed by atoms with E-state index in [1.165, 1.54) is 38.3 Å². The number of methoxy groups -OCH3 is 1. The summed E-state index contributed by atoms with van der Waals surface area (Å²) < 4.78 is 134. The van der Waals surface area contributed by atoms with Crippen molar-refractivity contribution >= 4 is 12.1 Å². The number of carbonyl (C=O) groups excluding carboxylic acids is 1. The maximum absolute atomic E-state index is 13.9. The topological polar surface area (TPSA) is 76.1 Å². The van der Waals surface area contributed by atoms with E-state index in [0.29, 0.717) is 23.3 Å². The van der Waals surface area contributed by atoms with Crippen LogP contribution in [0.2, 0.25) is 0 Å². The molecule has 0 bridgehead atoms. The van der Waals surface area contributed by atoms with Crippen molar-refractivity contribution in [3.8, 4) is 28.0 Å². The standard InChI is InChI=1S/C34H24F9NO5/c1-17-29(21-11-24(33(38,39)40)15-25(12-21)34(41,42)43)49-31(47)44(17)16-22-13-23(32(35,36)37)7-8-26(22)27-14-19(6-9-28(27)48-2)18-4-3-5-20(10-18)30(45)46/h3-15,17,29H,16H2,1-2H3,(H,45,46)/t17-,29-/m0/s1. The van der Waals surface area contributed by atoms with E-state index in [0.717, 1.165) is 23.1 Å². The van der Waals surface area contributed by atoms with Crippen LogP contribution >= 0.6 is 0 Å². The quantitative estimate of drug-likeness (QED) is 0.195. The van der Waals surface area contributed by atoms with Crippen LogP contribution in [0.15, 0.2) is 78.9 Å². The smallest absolute Gasteiger partial charge is 0.416 e. The van der Waals surface area contributed by atoms with E-state index in [2.05, 4.69) is 0 Å². The van der Waals surface area contributed by atoms with Gasteiger partial charge in [0.15, 0.2) is 0 Å². The minimum atomic E-state index is -5.17. The molecule has 0 radical (unpaired) electrons. The Morgan fingerprint density at radius 1 is 0.776 bits per heavy atom. The lowest BCUT2D eigenvalue weighted by molar-refractivity contribution is -0.143. The van der Waals surface area contributed by atoms with E-state index in [1.807, 2.05) is 0 Å². The summed E-state index contributed by atoms with van der Waals surface area (Å²) in [5, 5.41) is 9.41. The van der Waals surface area contributed by atoms with Crippen molar-refractivity contribution in [2.75, 3.05) is 7.11 Å². The van der Waals surface area contributed by atoms with E-state index in [-0.39, 0.29) is 34.1 Å². The highest BCUT2D eigenvalue weighted by Crippen LogP contribution is 2.43. The molecule has 1 saturated heterocycles. The summed E-state index contributed by atoms with van der Waals surface area (Å²) in [4.78, 5) is 25.5. The molecule has 0 spiro atoms. The number of carboxylic acids is 1. The number of alkyl halides is 9. The predicted molar refractivity (Wildman–Crippen MR) is 157 cm³/mol. The molecule has 1 fully saturated rings. The van der Waals surface area contributed by atoms with Crippen LogP contribution in [0.4, 0.5) is 44.3 Å². The van der Waals surface area contributed by atoms with Gasteiger partial charge in [-0.25, -0.2) is 9.59 Å². The molecular weight excluding hydrogens is 673 g/mol. The molecule has 2 atom stereocenters. The number of aromatic carboxylic acids is 1. The summed E-state index contributed by atoms with van der Waals surface area (Å²) in [5.74, 6) is -0.997. The highest BCUT2D eigenvalue weighted by Gasteiger charge is 2.44. The zero-order chi connectivity index (χ0) is 36.1. The first-order chi connectivity index (χ1) is 22.8. The first kappa shape index (κ1) is 35.1. The Hall–Kier alpha value is -5.21. The number of hydrogen-bond donors (Lipinski definition) is 1. The number of carbonyl (C=O) groups is 2. The Morgan fingerprint density at radius 3 is 1.96 bits per heavy atom. The maximum atomic E-state index is 13.9. The monoisotopic (exact) mass is 697 g/mol. The van der Waals surface area contributed by atoms with Gasteiger partial charge < -0.3 is 14.6 Å². The average molecular weight is 698 g/mol. The van der Waals surface area contributed by atoms with Gasteiger partial charge in [0.25, 0.3) is 0 Å². The minimum absolute atomic E-state index is 0.0238. The fraction of sp³-hybridized carbons (Fsp3) is 0.235. The third kappa shape index (κ3) is 7.29. The number of carboxylic acid groups (broad SMARTS) is 1. The van der Waals surface area contributed by atoms with E-state index in [4.69, 9.17) is 9.47 Å². The second-order valence-electron chi connectivity index (χ2n) is 11.2. The van der Waals surface area contributed by atoms with E-state index < -0.39 is 71.5 Å². The van der Waals surface area contributed by atoms with Crippen LogP contribution in [0.3, 0.4) is 0 Å². The molecule has 4 aromatic carbocycles. The van der Waals surface area contributed by atoms with E-state index >= 15 is 0 Å². The fourth-order valence-electron chi connectivity index (χ4n) is 5.58. The number of rotatable bonds is 7. The van der Waals surface area contributed by atoms with Crippen LogP contribution in [0.5, 0.6) is 5.75 Å². The lowest BCUT2D eigenvalue weighted by Gasteiger charge is -2.24. The summed E-state index contributed by atoms with van der Waals surface area (Å²) in [6.45, 7) is 0.690. The normalized spacial score (nSPS) is 16.9. The Kier molecular flexibility index (Phi) is 9.08. The molecule has 1 N–H and O–H groups in total. The first-order valence-electron chi connectivity index (χ1n) is 14.3. The molecule has 49 heavy (non-hydrogen) atoms. The molecule has 0 aliphatic carbocycles. The van der Waals surface area contributed by atoms with Crippen LogP contribution in [-0.4, -0.2) is 35.2 Å². The lowest BCUT2D eigenvalue weighted by atomic mass is 9.92. The van der Waals surface area contributed by atoms with Gasteiger partial charge in [0.2, 0.25) is 0 Å². The van der Waals surface area contributed by atoms with Crippen LogP contribution in [0.1, 0.15) is 51.2 Å². The second kappa shape index (κ2) is 12.7. The highest BCUT2D eigenvalue weighted by molar-refractivity contribution is 5.90. The first-order valence-corrected chi connectivity index (χ1v) is 14.3. The van der Waals surface area contributed by atoms with Gasteiger partial charge in [0.05, 0.1) is 42.0 Å². The van der Waals surface area contributed by atoms with Crippen molar-refractivity contribution in [1.29, 1.82) is 0 Å². The molecule has 6 nitrogen and oxygen atoms in total. The summed E-state index contributed by atoms with van der Waals surface area (Å²) in [7, 11) is 1.31. The number of amides is 1. The second-order valence-corrected chi connectivity index (χ2v) is 11.2. The Labute approximate surface area is 272 Å². The number of nitrogens with zero attached hydrogens (tertiary/aromatic N) is 1. The molecule has 1 aliphatic heterocycles. The molecule has 258 valence electrons. The predicted octanol–water partition coefficient (Wildman–Crippen LogP) is 9.87. The molecule has 0 unspecified atom stereocenters. The van der Waals surface area contributed by atoms with E-state index in [9.17, 15) is 54.2 Å². The van der Waals surface area contributed by atoms with Crippen LogP contribution < -0.4 is 4.74 Å². The van der Waals surface area contributed by atoms with Gasteiger partial charge in [0, 0.05) is 5.56 Å². The molecule has 0 saturated carbocycles. The summed E-state index contributed by atoms with van der Waals surface area (Å²) >= 11 is 0. The summed E-state index contributed by atoms with van der Waals surface area (Å²) in [5.41, 5.74) is -3.78. The molecule has 1 amide bonds. The molecule has 4 aromatic rings. The van der Waals surface area contributed by atoms with Gasteiger partial charge in [-0.1, -0.05) is 24.3 Å². The Morgan fingerprint density at radius 2 is 1.39 bits per heavy atom. The Bertz CT molecular complexity index is 1890. The number of cyclic esters (lactones) is 1. The third-order valence-electron chi connectivity index (χ3n) is 8.04. The van der Waals surface area contributed by atoms with E-state index in [1.54, 1.807) is 18.2 Å². The lowest BCUT2D eigenvalue weighted by Crippen LogP contribution is -2.32. The van der Waals surface area contributed by atoms with Crippen molar-refractivity contribution in [1.82, 2.24) is 4.90 Å². The molecule has 5 rings (SSSR count). The zero-order valence-electron chi connectivity index (χ0n) is 25.3. The number of halogens is 9. The molecule has 1 heterocycles. The minimum Gasteiger partial charge on any atom is -0.496 e. The Balaban J connectivity index is 1.59. The molecular formula is C34H24F9NO5. The van der Waals surface area contributed by atoms with Gasteiger partial charge >= 0.3 is 30.6 Å². The zero-order valence-corrected chi connectivity index (χ0v) is 25.3. The molecule has 1 aliphatic rings. The van der Waals surface area contributed by atoms with Gasteiger partial charge in [-0.15, -0.1) is 0 Å².